The first-order valence-electron chi connectivity index (χ1n) is 10.0. The SMILES string of the molecule is CC(C)n1ncc2cc(C(=O)N3CCCN(Cc4ccccc4)CC3)cnc21. The zero-order chi connectivity index (χ0) is 19.5. The molecule has 0 unspecified atom stereocenters. The Morgan fingerprint density at radius 1 is 1.07 bits per heavy atom. The number of aromatic nitrogens is 3. The van der Waals surface area contributed by atoms with Crippen LogP contribution in [0.25, 0.3) is 11.0 Å². The van der Waals surface area contributed by atoms with E-state index in [1.807, 2.05) is 21.7 Å². The zero-order valence-corrected chi connectivity index (χ0v) is 16.6. The summed E-state index contributed by atoms with van der Waals surface area (Å²) in [6.45, 7) is 8.52. The van der Waals surface area contributed by atoms with Gasteiger partial charge in [-0.15, -0.1) is 0 Å². The third-order valence-corrected chi connectivity index (χ3v) is 5.29. The molecule has 3 heterocycles. The Labute approximate surface area is 165 Å². The van der Waals surface area contributed by atoms with Gasteiger partial charge in [0.2, 0.25) is 0 Å². The van der Waals surface area contributed by atoms with Crippen molar-refractivity contribution in [3.8, 4) is 0 Å². The predicted octanol–water partition coefficient (Wildman–Crippen LogP) is 3.36. The minimum absolute atomic E-state index is 0.0632. The molecule has 0 atom stereocenters. The van der Waals surface area contributed by atoms with Crippen molar-refractivity contribution in [1.29, 1.82) is 0 Å². The Kier molecular flexibility index (Phi) is 5.39. The van der Waals surface area contributed by atoms with Crippen molar-refractivity contribution in [2.75, 3.05) is 26.2 Å². The molecule has 0 radical (unpaired) electrons. The van der Waals surface area contributed by atoms with Crippen LogP contribution in [0.1, 0.15) is 42.2 Å². The van der Waals surface area contributed by atoms with Gasteiger partial charge in [-0.05, 0) is 31.9 Å². The zero-order valence-electron chi connectivity index (χ0n) is 16.6. The van der Waals surface area contributed by atoms with Crippen LogP contribution in [-0.2, 0) is 6.54 Å². The first-order valence-corrected chi connectivity index (χ1v) is 10.0. The van der Waals surface area contributed by atoms with E-state index in [0.29, 0.717) is 5.56 Å². The summed E-state index contributed by atoms with van der Waals surface area (Å²) >= 11 is 0. The maximum Gasteiger partial charge on any atom is 0.255 e. The Morgan fingerprint density at radius 2 is 1.89 bits per heavy atom. The van der Waals surface area contributed by atoms with Crippen LogP contribution in [0, 0.1) is 0 Å². The van der Waals surface area contributed by atoms with Gasteiger partial charge in [-0.25, -0.2) is 9.67 Å². The molecule has 1 saturated heterocycles. The predicted molar refractivity (Wildman–Crippen MR) is 110 cm³/mol. The second-order valence-corrected chi connectivity index (χ2v) is 7.73. The molecule has 6 nitrogen and oxygen atoms in total. The standard InChI is InChI=1S/C22H27N5O/c1-17(2)27-21-19(15-24-27)13-20(14-23-21)22(28)26-10-6-9-25(11-12-26)16-18-7-4-3-5-8-18/h3-5,7-8,13-15,17H,6,9-12,16H2,1-2H3. The molecule has 0 spiro atoms. The van der Waals surface area contributed by atoms with Gasteiger partial charge in [0.1, 0.15) is 0 Å². The Morgan fingerprint density at radius 3 is 2.68 bits per heavy atom. The van der Waals surface area contributed by atoms with E-state index in [1.165, 1.54) is 5.56 Å². The molecule has 1 aliphatic rings. The summed E-state index contributed by atoms with van der Waals surface area (Å²) in [6, 6.07) is 12.7. The van der Waals surface area contributed by atoms with Crippen LogP contribution >= 0.6 is 0 Å². The summed E-state index contributed by atoms with van der Waals surface area (Å²) in [5.74, 6) is 0.0632. The molecule has 3 aromatic rings. The smallest absolute Gasteiger partial charge is 0.255 e. The summed E-state index contributed by atoms with van der Waals surface area (Å²) < 4.78 is 1.89. The molecule has 1 amide bonds. The number of carbonyl (C=O) groups is 1. The summed E-state index contributed by atoms with van der Waals surface area (Å²) in [7, 11) is 0. The molecular formula is C22H27N5O. The summed E-state index contributed by atoms with van der Waals surface area (Å²) in [5.41, 5.74) is 2.79. The Hall–Kier alpha value is -2.73. The molecule has 28 heavy (non-hydrogen) atoms. The van der Waals surface area contributed by atoms with Crippen molar-refractivity contribution >= 4 is 16.9 Å². The largest absolute Gasteiger partial charge is 0.337 e. The van der Waals surface area contributed by atoms with Gasteiger partial charge in [0.05, 0.1) is 11.8 Å². The fourth-order valence-corrected chi connectivity index (χ4v) is 3.79. The lowest BCUT2D eigenvalue weighted by Crippen LogP contribution is -2.35. The number of hydrogen-bond donors (Lipinski definition) is 0. The summed E-state index contributed by atoms with van der Waals surface area (Å²) in [4.78, 5) is 21.9. The lowest BCUT2D eigenvalue weighted by molar-refractivity contribution is 0.0761. The molecule has 1 fully saturated rings. The van der Waals surface area contributed by atoms with E-state index in [-0.39, 0.29) is 11.9 Å². The van der Waals surface area contributed by atoms with E-state index in [4.69, 9.17) is 0 Å². The lowest BCUT2D eigenvalue weighted by Gasteiger charge is -2.22. The van der Waals surface area contributed by atoms with E-state index in [1.54, 1.807) is 12.4 Å². The highest BCUT2D eigenvalue weighted by molar-refractivity contribution is 5.96. The molecule has 1 aromatic carbocycles. The molecule has 0 aliphatic carbocycles. The van der Waals surface area contributed by atoms with Crippen LogP contribution in [0.4, 0.5) is 0 Å². The molecule has 0 saturated carbocycles. The van der Waals surface area contributed by atoms with Gasteiger partial charge < -0.3 is 4.90 Å². The first kappa shape index (κ1) is 18.6. The number of pyridine rings is 1. The number of benzene rings is 1. The Balaban J connectivity index is 1.44. The second kappa shape index (κ2) is 8.10. The number of amides is 1. The van der Waals surface area contributed by atoms with Crippen molar-refractivity contribution < 1.29 is 4.79 Å². The minimum Gasteiger partial charge on any atom is -0.337 e. The summed E-state index contributed by atoms with van der Waals surface area (Å²) in [6.07, 6.45) is 4.47. The van der Waals surface area contributed by atoms with Crippen molar-refractivity contribution in [3.63, 3.8) is 0 Å². The highest BCUT2D eigenvalue weighted by Gasteiger charge is 2.21. The highest BCUT2D eigenvalue weighted by atomic mass is 16.2. The molecule has 1 aliphatic heterocycles. The van der Waals surface area contributed by atoms with Gasteiger partial charge >= 0.3 is 0 Å². The van der Waals surface area contributed by atoms with Crippen LogP contribution in [0.3, 0.4) is 0 Å². The van der Waals surface area contributed by atoms with E-state index in [0.717, 1.165) is 50.2 Å². The number of hydrogen-bond acceptors (Lipinski definition) is 4. The molecule has 6 heteroatoms. The first-order chi connectivity index (χ1) is 13.6. The number of rotatable bonds is 4. The molecular weight excluding hydrogens is 350 g/mol. The fourth-order valence-electron chi connectivity index (χ4n) is 3.79. The highest BCUT2D eigenvalue weighted by Crippen LogP contribution is 2.18. The maximum absolute atomic E-state index is 13.0. The van der Waals surface area contributed by atoms with Gasteiger partial charge in [0.15, 0.2) is 5.65 Å². The van der Waals surface area contributed by atoms with Gasteiger partial charge in [0.25, 0.3) is 5.91 Å². The topological polar surface area (TPSA) is 54.3 Å². The molecule has 4 rings (SSSR count). The van der Waals surface area contributed by atoms with Crippen LogP contribution in [0.15, 0.2) is 48.8 Å². The average Bonchev–Trinajstić information content (AvgIpc) is 3.00. The van der Waals surface area contributed by atoms with E-state index >= 15 is 0 Å². The second-order valence-electron chi connectivity index (χ2n) is 7.73. The molecule has 0 bridgehead atoms. The third kappa shape index (κ3) is 3.92. The average molecular weight is 377 g/mol. The van der Waals surface area contributed by atoms with E-state index in [9.17, 15) is 4.79 Å². The van der Waals surface area contributed by atoms with Gasteiger partial charge in [-0.2, -0.15) is 5.10 Å². The van der Waals surface area contributed by atoms with Crippen molar-refractivity contribution in [2.45, 2.75) is 32.9 Å². The van der Waals surface area contributed by atoms with E-state index in [2.05, 4.69) is 53.1 Å². The van der Waals surface area contributed by atoms with Crippen LogP contribution in [0.2, 0.25) is 0 Å². The van der Waals surface area contributed by atoms with Gasteiger partial charge in [0, 0.05) is 50.3 Å². The van der Waals surface area contributed by atoms with E-state index < -0.39 is 0 Å². The van der Waals surface area contributed by atoms with Crippen LogP contribution in [0.5, 0.6) is 0 Å². The minimum atomic E-state index is 0.0632. The number of carbonyl (C=O) groups excluding carboxylic acids is 1. The number of fused-ring (bicyclic) bond motifs is 1. The maximum atomic E-state index is 13.0. The quantitative estimate of drug-likeness (QED) is 0.700. The lowest BCUT2D eigenvalue weighted by atomic mass is 10.2. The monoisotopic (exact) mass is 377 g/mol. The van der Waals surface area contributed by atoms with Crippen molar-refractivity contribution in [1.82, 2.24) is 24.6 Å². The fraction of sp³-hybridized carbons (Fsp3) is 0.409. The van der Waals surface area contributed by atoms with Gasteiger partial charge in [-0.3, -0.25) is 9.69 Å². The van der Waals surface area contributed by atoms with Crippen LogP contribution in [-0.4, -0.2) is 56.7 Å². The summed E-state index contributed by atoms with van der Waals surface area (Å²) in [5, 5.41) is 5.31. The molecule has 2 aromatic heterocycles. The third-order valence-electron chi connectivity index (χ3n) is 5.29. The Bertz CT molecular complexity index is 950. The van der Waals surface area contributed by atoms with Crippen molar-refractivity contribution in [3.05, 3.63) is 59.9 Å². The van der Waals surface area contributed by atoms with Gasteiger partial charge in [-0.1, -0.05) is 30.3 Å². The number of nitrogens with zero attached hydrogens (tertiary/aromatic N) is 5. The normalized spacial score (nSPS) is 15.9. The molecule has 146 valence electrons. The van der Waals surface area contributed by atoms with Crippen LogP contribution < -0.4 is 0 Å². The van der Waals surface area contributed by atoms with Crippen molar-refractivity contribution in [2.24, 2.45) is 0 Å². The molecule has 0 N–H and O–H groups in total.